The summed E-state index contributed by atoms with van der Waals surface area (Å²) in [6.45, 7) is 9.64. The summed E-state index contributed by atoms with van der Waals surface area (Å²) in [5.74, 6) is 0.0483. The summed E-state index contributed by atoms with van der Waals surface area (Å²) in [6, 6.07) is 0.203. The van der Waals surface area contributed by atoms with Gasteiger partial charge < -0.3 is 16.0 Å². The first-order valence-electron chi connectivity index (χ1n) is 5.35. The van der Waals surface area contributed by atoms with Crippen LogP contribution >= 0.6 is 0 Å². The topological polar surface area (TPSA) is 58.4 Å². The standard InChI is InChI=1S/C10H23N3O/c1-4-13(5-2)8-9(3)12-10(14)6-7-11/h9H,4-8,11H2,1-3H3,(H,12,14). The Balaban J connectivity index is 3.72. The van der Waals surface area contributed by atoms with E-state index in [1.165, 1.54) is 0 Å². The Morgan fingerprint density at radius 2 is 2.00 bits per heavy atom. The lowest BCUT2D eigenvalue weighted by Gasteiger charge is -2.23. The highest BCUT2D eigenvalue weighted by Gasteiger charge is 2.09. The third-order valence-corrected chi connectivity index (χ3v) is 2.21. The van der Waals surface area contributed by atoms with Gasteiger partial charge in [-0.25, -0.2) is 0 Å². The highest BCUT2D eigenvalue weighted by Crippen LogP contribution is 1.92. The predicted molar refractivity (Wildman–Crippen MR) is 59.1 cm³/mol. The van der Waals surface area contributed by atoms with Crippen molar-refractivity contribution in [3.05, 3.63) is 0 Å². The van der Waals surface area contributed by atoms with Crippen LogP contribution in [-0.4, -0.2) is 43.0 Å². The number of carbonyl (C=O) groups is 1. The molecular weight excluding hydrogens is 178 g/mol. The molecule has 0 saturated carbocycles. The lowest BCUT2D eigenvalue weighted by atomic mass is 10.3. The Hall–Kier alpha value is -0.610. The average molecular weight is 201 g/mol. The van der Waals surface area contributed by atoms with Crippen LogP contribution in [0.15, 0.2) is 0 Å². The molecule has 0 aromatic rings. The third-order valence-electron chi connectivity index (χ3n) is 2.21. The number of rotatable bonds is 7. The van der Waals surface area contributed by atoms with Crippen LogP contribution in [-0.2, 0) is 4.79 Å². The number of carbonyl (C=O) groups excluding carboxylic acids is 1. The molecule has 4 heteroatoms. The van der Waals surface area contributed by atoms with Crippen molar-refractivity contribution in [2.75, 3.05) is 26.2 Å². The Kier molecular flexibility index (Phi) is 7.42. The fourth-order valence-electron chi connectivity index (χ4n) is 1.39. The van der Waals surface area contributed by atoms with Crippen molar-refractivity contribution in [2.45, 2.75) is 33.2 Å². The number of nitrogens with one attached hydrogen (secondary N) is 1. The monoisotopic (exact) mass is 201 g/mol. The van der Waals surface area contributed by atoms with Crippen molar-refractivity contribution >= 4 is 5.91 Å². The van der Waals surface area contributed by atoms with E-state index in [9.17, 15) is 4.79 Å². The molecule has 1 unspecified atom stereocenters. The highest BCUT2D eigenvalue weighted by molar-refractivity contribution is 5.76. The molecule has 4 nitrogen and oxygen atoms in total. The van der Waals surface area contributed by atoms with Gasteiger partial charge in [0.05, 0.1) is 0 Å². The molecule has 0 aliphatic rings. The summed E-state index contributed by atoms with van der Waals surface area (Å²) in [5.41, 5.74) is 5.29. The maximum Gasteiger partial charge on any atom is 0.221 e. The van der Waals surface area contributed by atoms with E-state index in [2.05, 4.69) is 24.1 Å². The van der Waals surface area contributed by atoms with Gasteiger partial charge in [0, 0.05) is 25.6 Å². The van der Waals surface area contributed by atoms with E-state index in [1.54, 1.807) is 0 Å². The normalized spacial score (nSPS) is 12.9. The van der Waals surface area contributed by atoms with E-state index in [0.717, 1.165) is 19.6 Å². The van der Waals surface area contributed by atoms with E-state index in [-0.39, 0.29) is 11.9 Å². The second kappa shape index (κ2) is 7.76. The number of hydrogen-bond donors (Lipinski definition) is 2. The third kappa shape index (κ3) is 5.94. The van der Waals surface area contributed by atoms with Crippen LogP contribution in [0.25, 0.3) is 0 Å². The van der Waals surface area contributed by atoms with Gasteiger partial charge in [0.25, 0.3) is 0 Å². The minimum Gasteiger partial charge on any atom is -0.352 e. The molecule has 1 atom stereocenters. The van der Waals surface area contributed by atoms with Gasteiger partial charge in [-0.05, 0) is 20.0 Å². The lowest BCUT2D eigenvalue weighted by Crippen LogP contribution is -2.42. The molecule has 1 amide bonds. The van der Waals surface area contributed by atoms with E-state index in [1.807, 2.05) is 6.92 Å². The van der Waals surface area contributed by atoms with Crippen LogP contribution < -0.4 is 11.1 Å². The SMILES string of the molecule is CCN(CC)CC(C)NC(=O)CCN. The second-order valence-electron chi connectivity index (χ2n) is 3.49. The Bertz CT molecular complexity index is 157. The summed E-state index contributed by atoms with van der Waals surface area (Å²) in [6.07, 6.45) is 0.419. The van der Waals surface area contributed by atoms with Crippen molar-refractivity contribution < 1.29 is 4.79 Å². The number of hydrogen-bond acceptors (Lipinski definition) is 3. The van der Waals surface area contributed by atoms with Crippen LogP contribution in [0.3, 0.4) is 0 Å². The molecule has 0 aromatic heterocycles. The number of nitrogens with zero attached hydrogens (tertiary/aromatic N) is 1. The first kappa shape index (κ1) is 13.4. The van der Waals surface area contributed by atoms with Gasteiger partial charge in [-0.15, -0.1) is 0 Å². The van der Waals surface area contributed by atoms with Crippen molar-refractivity contribution in [2.24, 2.45) is 5.73 Å². The molecule has 0 heterocycles. The number of likely N-dealkylation sites (N-methyl/N-ethyl adjacent to an activating group) is 1. The predicted octanol–water partition coefficient (Wildman–Crippen LogP) is 0.182. The fraction of sp³-hybridized carbons (Fsp3) is 0.900. The van der Waals surface area contributed by atoms with Gasteiger partial charge in [-0.2, -0.15) is 0 Å². The van der Waals surface area contributed by atoms with Crippen LogP contribution in [0.2, 0.25) is 0 Å². The molecule has 0 fully saturated rings. The van der Waals surface area contributed by atoms with Gasteiger partial charge in [0.2, 0.25) is 5.91 Å². The van der Waals surface area contributed by atoms with Crippen LogP contribution in [0.4, 0.5) is 0 Å². The smallest absolute Gasteiger partial charge is 0.221 e. The van der Waals surface area contributed by atoms with Crippen LogP contribution in [0, 0.1) is 0 Å². The summed E-state index contributed by atoms with van der Waals surface area (Å²) < 4.78 is 0. The first-order chi connectivity index (χ1) is 6.63. The maximum absolute atomic E-state index is 11.2. The Morgan fingerprint density at radius 3 is 2.43 bits per heavy atom. The average Bonchev–Trinajstić information content (AvgIpc) is 2.14. The molecule has 0 rings (SSSR count). The lowest BCUT2D eigenvalue weighted by molar-refractivity contribution is -0.121. The molecule has 0 aliphatic heterocycles. The molecule has 0 aromatic carbocycles. The van der Waals surface area contributed by atoms with Gasteiger partial charge in [-0.3, -0.25) is 4.79 Å². The molecule has 0 spiro atoms. The molecule has 14 heavy (non-hydrogen) atoms. The molecule has 0 saturated heterocycles. The van der Waals surface area contributed by atoms with Crippen molar-refractivity contribution in [1.29, 1.82) is 0 Å². The maximum atomic E-state index is 11.2. The Morgan fingerprint density at radius 1 is 1.43 bits per heavy atom. The second-order valence-corrected chi connectivity index (χ2v) is 3.49. The molecule has 0 aliphatic carbocycles. The van der Waals surface area contributed by atoms with Gasteiger partial charge in [-0.1, -0.05) is 13.8 Å². The minimum atomic E-state index is 0.0483. The fourth-order valence-corrected chi connectivity index (χ4v) is 1.39. The molecule has 0 radical (unpaired) electrons. The summed E-state index contributed by atoms with van der Waals surface area (Å²) in [5, 5.41) is 2.92. The molecule has 0 bridgehead atoms. The van der Waals surface area contributed by atoms with E-state index < -0.39 is 0 Å². The highest BCUT2D eigenvalue weighted by atomic mass is 16.1. The number of amides is 1. The zero-order valence-corrected chi connectivity index (χ0v) is 9.55. The van der Waals surface area contributed by atoms with Crippen LogP contribution in [0.5, 0.6) is 0 Å². The van der Waals surface area contributed by atoms with E-state index >= 15 is 0 Å². The van der Waals surface area contributed by atoms with Gasteiger partial charge >= 0.3 is 0 Å². The van der Waals surface area contributed by atoms with Crippen molar-refractivity contribution in [3.63, 3.8) is 0 Å². The zero-order chi connectivity index (χ0) is 11.0. The number of nitrogens with two attached hydrogens (primary N) is 1. The Labute approximate surface area is 86.8 Å². The first-order valence-corrected chi connectivity index (χ1v) is 5.35. The van der Waals surface area contributed by atoms with Gasteiger partial charge in [0.1, 0.15) is 0 Å². The summed E-state index contributed by atoms with van der Waals surface area (Å²) in [7, 11) is 0. The summed E-state index contributed by atoms with van der Waals surface area (Å²) in [4.78, 5) is 13.5. The molecular formula is C10H23N3O. The minimum absolute atomic E-state index is 0.0483. The van der Waals surface area contributed by atoms with E-state index in [0.29, 0.717) is 13.0 Å². The van der Waals surface area contributed by atoms with E-state index in [4.69, 9.17) is 5.73 Å². The van der Waals surface area contributed by atoms with Crippen molar-refractivity contribution in [3.8, 4) is 0 Å². The summed E-state index contributed by atoms with van der Waals surface area (Å²) >= 11 is 0. The molecule has 84 valence electrons. The van der Waals surface area contributed by atoms with Gasteiger partial charge in [0.15, 0.2) is 0 Å². The van der Waals surface area contributed by atoms with Crippen LogP contribution in [0.1, 0.15) is 27.2 Å². The van der Waals surface area contributed by atoms with Crippen molar-refractivity contribution in [1.82, 2.24) is 10.2 Å². The quantitative estimate of drug-likeness (QED) is 0.618. The largest absolute Gasteiger partial charge is 0.352 e. The zero-order valence-electron chi connectivity index (χ0n) is 9.55. The molecule has 3 N–H and O–H groups in total.